The summed E-state index contributed by atoms with van der Waals surface area (Å²) >= 11 is 0. The average molecular weight is 319 g/mol. The number of hydrogen-bond acceptors (Lipinski definition) is 4. The average Bonchev–Trinajstić information content (AvgIpc) is 2.88. The van der Waals surface area contributed by atoms with E-state index in [1.54, 1.807) is 24.3 Å². The number of carbonyl (C=O) groups is 1. The monoisotopic (exact) mass is 319 g/mol. The Morgan fingerprint density at radius 1 is 1.21 bits per heavy atom. The molecular weight excluding hydrogens is 302 g/mol. The Bertz CT molecular complexity index is 840. The topological polar surface area (TPSA) is 54.3 Å². The summed E-state index contributed by atoms with van der Waals surface area (Å²) in [5.41, 5.74) is 2.80. The number of anilines is 1. The van der Waals surface area contributed by atoms with E-state index in [0.29, 0.717) is 12.3 Å². The van der Waals surface area contributed by atoms with Crippen molar-refractivity contribution in [1.82, 2.24) is 0 Å². The van der Waals surface area contributed by atoms with Crippen LogP contribution in [0.5, 0.6) is 5.75 Å². The summed E-state index contributed by atoms with van der Waals surface area (Å²) in [5.74, 6) is 0.574. The molecule has 0 saturated heterocycles. The lowest BCUT2D eigenvalue weighted by molar-refractivity contribution is -0.112. The van der Waals surface area contributed by atoms with E-state index >= 15 is 0 Å². The Morgan fingerprint density at radius 3 is 2.83 bits per heavy atom. The number of rotatable bonds is 5. The number of para-hydroxylation sites is 1. The van der Waals surface area contributed by atoms with Crippen LogP contribution < -0.4 is 9.64 Å². The van der Waals surface area contributed by atoms with Crippen molar-refractivity contribution >= 4 is 23.5 Å². The molecule has 2 aromatic rings. The van der Waals surface area contributed by atoms with Crippen molar-refractivity contribution < 1.29 is 9.53 Å². The van der Waals surface area contributed by atoms with Crippen molar-refractivity contribution in [2.75, 3.05) is 18.6 Å². The van der Waals surface area contributed by atoms with Crippen molar-refractivity contribution in [3.05, 3.63) is 72.3 Å². The zero-order chi connectivity index (χ0) is 16.9. The predicted molar refractivity (Wildman–Crippen MR) is 96.1 cm³/mol. The fourth-order valence-electron chi connectivity index (χ4n) is 2.54. The number of carbonyl (C=O) groups excluding carboxylic acids is 1. The summed E-state index contributed by atoms with van der Waals surface area (Å²) in [5, 5.41) is 8.23. The van der Waals surface area contributed by atoms with Gasteiger partial charge in [-0.1, -0.05) is 36.4 Å². The molecule has 1 amide bonds. The van der Waals surface area contributed by atoms with Crippen molar-refractivity contribution in [3.8, 4) is 5.75 Å². The predicted octanol–water partition coefficient (Wildman–Crippen LogP) is 3.05. The standard InChI is InChI=1S/C19H17N3O2/c1-3-11-22-17-10-5-4-9-16(17)18(19(22)23)21-20-13-14-7-6-8-15(12-14)24-2/h3-10,12-13H,1,11H2,2H3/b20-13-,21-18-. The van der Waals surface area contributed by atoms with E-state index in [0.717, 1.165) is 22.6 Å². The second-order valence-electron chi connectivity index (χ2n) is 5.19. The number of amides is 1. The summed E-state index contributed by atoms with van der Waals surface area (Å²) in [4.78, 5) is 14.2. The molecule has 0 radical (unpaired) electrons. The molecule has 0 aromatic heterocycles. The van der Waals surface area contributed by atoms with Gasteiger partial charge in [0.15, 0.2) is 5.71 Å². The highest BCUT2D eigenvalue weighted by Crippen LogP contribution is 2.28. The van der Waals surface area contributed by atoms with Gasteiger partial charge in [0, 0.05) is 12.1 Å². The first kappa shape index (κ1) is 15.7. The summed E-state index contributed by atoms with van der Waals surface area (Å²) in [6.07, 6.45) is 3.29. The van der Waals surface area contributed by atoms with Gasteiger partial charge in [-0.15, -0.1) is 11.7 Å². The molecule has 0 saturated carbocycles. The summed E-state index contributed by atoms with van der Waals surface area (Å²) in [6, 6.07) is 15.0. The SMILES string of the molecule is C=CCN1C(=O)/C(=N\N=C/c2cccc(OC)c2)c2ccccc21. The number of methoxy groups -OCH3 is 1. The van der Waals surface area contributed by atoms with E-state index in [4.69, 9.17) is 4.74 Å². The molecule has 5 nitrogen and oxygen atoms in total. The lowest BCUT2D eigenvalue weighted by Gasteiger charge is -2.13. The fourth-order valence-corrected chi connectivity index (χ4v) is 2.54. The maximum atomic E-state index is 12.5. The first-order valence-corrected chi connectivity index (χ1v) is 7.52. The van der Waals surface area contributed by atoms with Gasteiger partial charge in [0.25, 0.3) is 5.91 Å². The lowest BCUT2D eigenvalue weighted by atomic mass is 10.1. The Balaban J connectivity index is 1.90. The van der Waals surface area contributed by atoms with E-state index in [1.807, 2.05) is 48.5 Å². The van der Waals surface area contributed by atoms with Crippen molar-refractivity contribution in [1.29, 1.82) is 0 Å². The molecule has 0 bridgehead atoms. The molecule has 3 rings (SSSR count). The number of hydrogen-bond donors (Lipinski definition) is 0. The molecule has 1 aliphatic rings. The van der Waals surface area contributed by atoms with Gasteiger partial charge in [0.2, 0.25) is 0 Å². The number of fused-ring (bicyclic) bond motifs is 1. The minimum Gasteiger partial charge on any atom is -0.497 e. The Hall–Kier alpha value is -3.21. The summed E-state index contributed by atoms with van der Waals surface area (Å²) in [7, 11) is 1.61. The molecule has 0 aliphatic carbocycles. The quantitative estimate of drug-likeness (QED) is 0.483. The van der Waals surface area contributed by atoms with Gasteiger partial charge in [-0.05, 0) is 23.8 Å². The summed E-state index contributed by atoms with van der Waals surface area (Å²) in [6.45, 7) is 4.14. The lowest BCUT2D eigenvalue weighted by Crippen LogP contribution is -2.30. The maximum absolute atomic E-state index is 12.5. The molecule has 1 heterocycles. The normalized spacial score (nSPS) is 15.1. The van der Waals surface area contributed by atoms with E-state index in [2.05, 4.69) is 16.8 Å². The van der Waals surface area contributed by atoms with Crippen molar-refractivity contribution in [3.63, 3.8) is 0 Å². The van der Waals surface area contributed by atoms with Gasteiger partial charge < -0.3 is 9.64 Å². The van der Waals surface area contributed by atoms with Crippen LogP contribution in [0, 0.1) is 0 Å². The first-order chi connectivity index (χ1) is 11.7. The molecule has 1 aliphatic heterocycles. The van der Waals surface area contributed by atoms with Crippen LogP contribution in [0.15, 0.2) is 71.4 Å². The zero-order valence-electron chi connectivity index (χ0n) is 13.3. The minimum absolute atomic E-state index is 0.168. The minimum atomic E-state index is -0.168. The van der Waals surface area contributed by atoms with Crippen LogP contribution in [0.2, 0.25) is 0 Å². The van der Waals surface area contributed by atoms with E-state index < -0.39 is 0 Å². The molecule has 0 atom stereocenters. The second-order valence-corrected chi connectivity index (χ2v) is 5.19. The smallest absolute Gasteiger partial charge is 0.279 e. The summed E-state index contributed by atoms with van der Waals surface area (Å²) < 4.78 is 5.17. The molecule has 0 fully saturated rings. The number of ether oxygens (including phenoxy) is 1. The van der Waals surface area contributed by atoms with Gasteiger partial charge in [-0.3, -0.25) is 4.79 Å². The van der Waals surface area contributed by atoms with Crippen LogP contribution in [0.1, 0.15) is 11.1 Å². The van der Waals surface area contributed by atoms with Crippen LogP contribution in [0.25, 0.3) is 0 Å². The van der Waals surface area contributed by atoms with E-state index in [9.17, 15) is 4.79 Å². The van der Waals surface area contributed by atoms with Gasteiger partial charge in [0.1, 0.15) is 5.75 Å². The molecule has 0 spiro atoms. The Kier molecular flexibility index (Phi) is 4.52. The van der Waals surface area contributed by atoms with E-state index in [1.165, 1.54) is 0 Å². The van der Waals surface area contributed by atoms with Gasteiger partial charge in [-0.25, -0.2) is 0 Å². The molecule has 0 N–H and O–H groups in total. The van der Waals surface area contributed by atoms with Crippen LogP contribution in [-0.4, -0.2) is 31.5 Å². The molecule has 0 unspecified atom stereocenters. The highest BCUT2D eigenvalue weighted by molar-refractivity contribution is 6.54. The third-order valence-electron chi connectivity index (χ3n) is 3.67. The van der Waals surface area contributed by atoms with Crippen molar-refractivity contribution in [2.45, 2.75) is 0 Å². The zero-order valence-corrected chi connectivity index (χ0v) is 13.3. The van der Waals surface area contributed by atoms with Crippen molar-refractivity contribution in [2.24, 2.45) is 10.2 Å². The molecule has 24 heavy (non-hydrogen) atoms. The Labute approximate surface area is 140 Å². The largest absolute Gasteiger partial charge is 0.497 e. The Morgan fingerprint density at radius 2 is 2.04 bits per heavy atom. The van der Waals surface area contributed by atoms with Crippen LogP contribution in [0.4, 0.5) is 5.69 Å². The van der Waals surface area contributed by atoms with Crippen LogP contribution in [0.3, 0.4) is 0 Å². The number of nitrogens with zero attached hydrogens (tertiary/aromatic N) is 3. The fraction of sp³-hybridized carbons (Fsp3) is 0.105. The first-order valence-electron chi connectivity index (χ1n) is 7.52. The van der Waals surface area contributed by atoms with Gasteiger partial charge in [-0.2, -0.15) is 5.10 Å². The van der Waals surface area contributed by atoms with Crippen LogP contribution >= 0.6 is 0 Å². The third-order valence-corrected chi connectivity index (χ3v) is 3.67. The molecule has 2 aromatic carbocycles. The van der Waals surface area contributed by atoms with Gasteiger partial charge in [0.05, 0.1) is 19.0 Å². The van der Waals surface area contributed by atoms with Crippen LogP contribution in [-0.2, 0) is 4.79 Å². The third kappa shape index (κ3) is 2.96. The second kappa shape index (κ2) is 6.91. The molecular formula is C19H17N3O2. The number of benzene rings is 2. The van der Waals surface area contributed by atoms with Gasteiger partial charge >= 0.3 is 0 Å². The molecule has 5 heteroatoms. The highest BCUT2D eigenvalue weighted by Gasteiger charge is 2.32. The highest BCUT2D eigenvalue weighted by atomic mass is 16.5. The molecule has 120 valence electrons. The van der Waals surface area contributed by atoms with E-state index in [-0.39, 0.29) is 5.91 Å². The maximum Gasteiger partial charge on any atom is 0.279 e.